The number of thiazole rings is 2. The summed E-state index contributed by atoms with van der Waals surface area (Å²) in [5, 5.41) is 0. The molecule has 2 aliphatic rings. The van der Waals surface area contributed by atoms with Crippen LogP contribution in [0.1, 0.15) is 0 Å². The minimum atomic E-state index is 0.780. The molecule has 2 aromatic heterocycles. The molecule has 10 heteroatoms. The Labute approximate surface area is 202 Å². The molecule has 6 nitrogen and oxygen atoms in total. The third-order valence-electron chi connectivity index (χ3n) is 5.64. The van der Waals surface area contributed by atoms with Crippen LogP contribution >= 0.6 is 44.3 Å². The van der Waals surface area contributed by atoms with E-state index in [2.05, 4.69) is 46.2 Å². The van der Waals surface area contributed by atoms with E-state index in [0.29, 0.717) is 0 Å². The maximum absolute atomic E-state index is 5.52. The molecule has 0 N–H and O–H groups in total. The molecule has 6 rings (SSSR count). The van der Waals surface area contributed by atoms with Crippen molar-refractivity contribution in [2.24, 2.45) is 0 Å². The lowest BCUT2D eigenvalue weighted by Gasteiger charge is -2.28. The van der Waals surface area contributed by atoms with Gasteiger partial charge in [-0.25, -0.2) is 9.97 Å². The highest BCUT2D eigenvalue weighted by atomic mass is 33.1. The van der Waals surface area contributed by atoms with Crippen LogP contribution in [0.25, 0.3) is 20.4 Å². The van der Waals surface area contributed by atoms with E-state index in [9.17, 15) is 0 Å². The summed E-state index contributed by atoms with van der Waals surface area (Å²) < 4.78 is 15.6. The first-order chi connectivity index (χ1) is 15.8. The third kappa shape index (κ3) is 4.20. The smallest absolute Gasteiger partial charge is 0.162 e. The van der Waals surface area contributed by atoms with Crippen molar-refractivity contribution in [2.45, 2.75) is 8.68 Å². The van der Waals surface area contributed by atoms with Gasteiger partial charge in [0.15, 0.2) is 8.68 Å². The summed E-state index contributed by atoms with van der Waals surface area (Å²) in [6.45, 7) is 6.81. The topological polar surface area (TPSA) is 50.7 Å². The highest BCUT2D eigenvalue weighted by molar-refractivity contribution is 8.77. The number of nitrogens with zero attached hydrogens (tertiary/aromatic N) is 4. The predicted molar refractivity (Wildman–Crippen MR) is 137 cm³/mol. The molecule has 4 aromatic rings. The number of morpholine rings is 2. The Morgan fingerprint density at radius 1 is 0.656 bits per heavy atom. The summed E-state index contributed by atoms with van der Waals surface area (Å²) in [7, 11) is 3.41. The summed E-state index contributed by atoms with van der Waals surface area (Å²) in [5.41, 5.74) is 4.63. The molecular formula is C22H22N4O2S4. The van der Waals surface area contributed by atoms with Crippen molar-refractivity contribution in [1.29, 1.82) is 0 Å². The highest BCUT2D eigenvalue weighted by Gasteiger charge is 2.19. The summed E-state index contributed by atoms with van der Waals surface area (Å²) >= 11 is 3.51. The summed E-state index contributed by atoms with van der Waals surface area (Å²) in [6, 6.07) is 12.9. The molecule has 0 saturated carbocycles. The highest BCUT2D eigenvalue weighted by Crippen LogP contribution is 2.45. The molecule has 0 atom stereocenters. The Morgan fingerprint density at radius 2 is 1.09 bits per heavy atom. The van der Waals surface area contributed by atoms with E-state index in [1.54, 1.807) is 44.3 Å². The van der Waals surface area contributed by atoms with Crippen LogP contribution in [-0.2, 0) is 9.47 Å². The number of ether oxygens (including phenoxy) is 2. The van der Waals surface area contributed by atoms with Crippen LogP contribution in [-0.4, -0.2) is 62.6 Å². The van der Waals surface area contributed by atoms with Crippen molar-refractivity contribution >= 4 is 76.1 Å². The Kier molecular flexibility index (Phi) is 6.14. The van der Waals surface area contributed by atoms with Crippen molar-refractivity contribution in [3.8, 4) is 0 Å². The minimum Gasteiger partial charge on any atom is -0.378 e. The van der Waals surface area contributed by atoms with Crippen LogP contribution in [0, 0.1) is 0 Å². The lowest BCUT2D eigenvalue weighted by atomic mass is 10.2. The van der Waals surface area contributed by atoms with Gasteiger partial charge in [0.05, 0.1) is 47.2 Å². The molecule has 0 bridgehead atoms. The molecule has 166 valence electrons. The first-order valence-corrected chi connectivity index (χ1v) is 14.4. The molecule has 32 heavy (non-hydrogen) atoms. The molecule has 0 aliphatic carbocycles. The van der Waals surface area contributed by atoms with E-state index in [0.717, 1.165) is 72.3 Å². The number of anilines is 2. The van der Waals surface area contributed by atoms with Gasteiger partial charge < -0.3 is 19.3 Å². The number of benzene rings is 2. The Balaban J connectivity index is 1.22. The van der Waals surface area contributed by atoms with E-state index in [4.69, 9.17) is 19.4 Å². The van der Waals surface area contributed by atoms with Crippen LogP contribution in [0.15, 0.2) is 45.1 Å². The van der Waals surface area contributed by atoms with Crippen LogP contribution < -0.4 is 9.80 Å². The van der Waals surface area contributed by atoms with Gasteiger partial charge in [0, 0.05) is 26.2 Å². The van der Waals surface area contributed by atoms with Gasteiger partial charge in [0.25, 0.3) is 0 Å². The molecule has 2 aromatic carbocycles. The van der Waals surface area contributed by atoms with E-state index in [-0.39, 0.29) is 0 Å². The standard InChI is InChI=1S/C22H22N4O2S4/c1-3-15(25-7-11-27-12-8-25)19-17(5-1)29-21(23-19)31-32-22-24-20-16(4-2-6-18(20)30-22)26-9-13-28-14-10-26/h1-6H,7-14H2. The third-order valence-corrected chi connectivity index (χ3v) is 10.7. The average Bonchev–Trinajstić information content (AvgIpc) is 3.47. The Morgan fingerprint density at radius 3 is 1.53 bits per heavy atom. The number of para-hydroxylation sites is 2. The lowest BCUT2D eigenvalue weighted by molar-refractivity contribution is 0.122. The lowest BCUT2D eigenvalue weighted by Crippen LogP contribution is -2.36. The van der Waals surface area contributed by atoms with Gasteiger partial charge in [-0.15, -0.1) is 22.7 Å². The molecule has 2 saturated heterocycles. The fraction of sp³-hybridized carbons (Fsp3) is 0.364. The van der Waals surface area contributed by atoms with Crippen LogP contribution in [0.5, 0.6) is 0 Å². The van der Waals surface area contributed by atoms with Gasteiger partial charge in [-0.1, -0.05) is 12.1 Å². The first kappa shape index (κ1) is 21.0. The van der Waals surface area contributed by atoms with E-state index >= 15 is 0 Å². The monoisotopic (exact) mass is 502 g/mol. The fourth-order valence-electron chi connectivity index (χ4n) is 4.09. The SMILES string of the molecule is c1cc(N2CCOCC2)c2nc(SSc3nc4c(N5CCOCC5)cccc4s3)sc2c1. The second kappa shape index (κ2) is 9.36. The molecule has 2 fully saturated rings. The van der Waals surface area contributed by atoms with E-state index in [1.165, 1.54) is 20.8 Å². The number of hydrogen-bond donors (Lipinski definition) is 0. The minimum absolute atomic E-state index is 0.780. The molecule has 0 spiro atoms. The van der Waals surface area contributed by atoms with Crippen molar-refractivity contribution < 1.29 is 9.47 Å². The molecule has 0 amide bonds. The van der Waals surface area contributed by atoms with Gasteiger partial charge in [0.2, 0.25) is 0 Å². The Hall–Kier alpha value is -1.56. The largest absolute Gasteiger partial charge is 0.378 e. The van der Waals surface area contributed by atoms with Crippen molar-refractivity contribution in [3.63, 3.8) is 0 Å². The van der Waals surface area contributed by atoms with E-state index in [1.807, 2.05) is 0 Å². The van der Waals surface area contributed by atoms with Crippen LogP contribution in [0.2, 0.25) is 0 Å². The van der Waals surface area contributed by atoms with Crippen molar-refractivity contribution in [2.75, 3.05) is 62.4 Å². The normalized spacial score (nSPS) is 17.5. The van der Waals surface area contributed by atoms with Gasteiger partial charge in [-0.05, 0) is 45.9 Å². The molecule has 0 radical (unpaired) electrons. The molecular weight excluding hydrogens is 481 g/mol. The second-order valence-corrected chi connectivity index (χ2v) is 12.3. The van der Waals surface area contributed by atoms with E-state index < -0.39 is 0 Å². The Bertz CT molecular complexity index is 1140. The second-order valence-electron chi connectivity index (χ2n) is 7.57. The number of fused-ring (bicyclic) bond motifs is 2. The fourth-order valence-corrected chi connectivity index (χ4v) is 8.61. The molecule has 0 unspecified atom stereocenters. The summed E-state index contributed by atoms with van der Waals surface area (Å²) in [5.74, 6) is 0. The van der Waals surface area contributed by atoms with Gasteiger partial charge in [-0.2, -0.15) is 0 Å². The zero-order valence-corrected chi connectivity index (χ0v) is 20.6. The number of hydrogen-bond acceptors (Lipinski definition) is 10. The van der Waals surface area contributed by atoms with Crippen molar-refractivity contribution in [3.05, 3.63) is 36.4 Å². The van der Waals surface area contributed by atoms with Crippen LogP contribution in [0.3, 0.4) is 0 Å². The van der Waals surface area contributed by atoms with Gasteiger partial charge in [-0.3, -0.25) is 0 Å². The van der Waals surface area contributed by atoms with Crippen LogP contribution in [0.4, 0.5) is 11.4 Å². The predicted octanol–water partition coefficient (Wildman–Crippen LogP) is 5.38. The van der Waals surface area contributed by atoms with Crippen molar-refractivity contribution in [1.82, 2.24) is 9.97 Å². The maximum atomic E-state index is 5.52. The van der Waals surface area contributed by atoms with Gasteiger partial charge >= 0.3 is 0 Å². The number of rotatable bonds is 5. The molecule has 4 heterocycles. The average molecular weight is 503 g/mol. The summed E-state index contributed by atoms with van der Waals surface area (Å²) in [4.78, 5) is 14.7. The zero-order chi connectivity index (χ0) is 21.3. The maximum Gasteiger partial charge on any atom is 0.162 e. The van der Waals surface area contributed by atoms with Gasteiger partial charge in [0.1, 0.15) is 11.0 Å². The molecule has 2 aliphatic heterocycles. The quantitative estimate of drug-likeness (QED) is 0.337. The first-order valence-electron chi connectivity index (χ1n) is 10.6. The zero-order valence-electron chi connectivity index (χ0n) is 17.4. The summed E-state index contributed by atoms with van der Waals surface area (Å²) in [6.07, 6.45) is 0. The number of aromatic nitrogens is 2.